The molecule has 0 N–H and O–H groups in total. The smallest absolute Gasteiger partial charge is 0.188 e. The Bertz CT molecular complexity index is 308. The fourth-order valence-electron chi connectivity index (χ4n) is 0.959. The summed E-state index contributed by atoms with van der Waals surface area (Å²) in [6, 6.07) is 1.96. The normalized spacial score (nSPS) is 9.62. The lowest BCUT2D eigenvalue weighted by Crippen LogP contribution is -1.93. The zero-order valence-corrected chi connectivity index (χ0v) is 8.69. The van der Waals surface area contributed by atoms with Crippen LogP contribution in [0.1, 0.15) is 17.8 Å². The van der Waals surface area contributed by atoms with Crippen molar-refractivity contribution < 1.29 is 0 Å². The molecule has 0 aliphatic rings. The molecule has 0 aromatic carbocycles. The first-order valence-electron chi connectivity index (χ1n) is 4.11. The maximum absolute atomic E-state index is 5.15. The molecule has 0 spiro atoms. The van der Waals surface area contributed by atoms with Crippen LogP contribution in [0.25, 0.3) is 0 Å². The third-order valence-electron chi connectivity index (χ3n) is 1.44. The summed E-state index contributed by atoms with van der Waals surface area (Å²) in [7, 11) is 0. The van der Waals surface area contributed by atoms with Gasteiger partial charge < -0.3 is 0 Å². The second kappa shape index (κ2) is 4.88. The van der Waals surface area contributed by atoms with E-state index in [9.17, 15) is 0 Å². The molecular weight excluding hydrogens is 180 g/mol. The highest BCUT2D eigenvalue weighted by molar-refractivity contribution is 7.99. The zero-order chi connectivity index (χ0) is 9.68. The minimum Gasteiger partial charge on any atom is -0.228 e. The average Bonchev–Trinajstić information content (AvgIpc) is 2.03. The van der Waals surface area contributed by atoms with Gasteiger partial charge in [-0.1, -0.05) is 11.8 Å². The van der Waals surface area contributed by atoms with Gasteiger partial charge in [0.15, 0.2) is 5.16 Å². The lowest BCUT2D eigenvalue weighted by Gasteiger charge is -2.00. The van der Waals surface area contributed by atoms with Gasteiger partial charge in [-0.25, -0.2) is 9.97 Å². The van der Waals surface area contributed by atoms with Crippen LogP contribution in [-0.4, -0.2) is 15.7 Å². The molecule has 0 aliphatic carbocycles. The minimum atomic E-state index is 0.765. The van der Waals surface area contributed by atoms with E-state index >= 15 is 0 Å². The van der Waals surface area contributed by atoms with Gasteiger partial charge in [0.05, 0.1) is 0 Å². The molecule has 13 heavy (non-hydrogen) atoms. The third kappa shape index (κ3) is 3.47. The van der Waals surface area contributed by atoms with Crippen LogP contribution in [0.15, 0.2) is 11.2 Å². The van der Waals surface area contributed by atoms with Crippen molar-refractivity contribution in [2.45, 2.75) is 25.4 Å². The van der Waals surface area contributed by atoms with Crippen LogP contribution in [0, 0.1) is 26.2 Å². The van der Waals surface area contributed by atoms with Crippen molar-refractivity contribution in [3.63, 3.8) is 0 Å². The largest absolute Gasteiger partial charge is 0.228 e. The summed E-state index contributed by atoms with van der Waals surface area (Å²) in [5.74, 6) is 3.48. The SMILES string of the molecule is C#CCCSc1nc(C)cc(C)n1. The van der Waals surface area contributed by atoms with Crippen LogP contribution >= 0.6 is 11.8 Å². The van der Waals surface area contributed by atoms with Gasteiger partial charge in [-0.15, -0.1) is 12.3 Å². The summed E-state index contributed by atoms with van der Waals surface area (Å²) in [6.07, 6.45) is 5.91. The van der Waals surface area contributed by atoms with E-state index in [1.165, 1.54) is 0 Å². The highest BCUT2D eigenvalue weighted by Gasteiger charge is 1.98. The zero-order valence-electron chi connectivity index (χ0n) is 7.87. The second-order valence-electron chi connectivity index (χ2n) is 2.74. The number of terminal acetylenes is 1. The van der Waals surface area contributed by atoms with Gasteiger partial charge in [-0.05, 0) is 19.9 Å². The first-order chi connectivity index (χ1) is 6.22. The summed E-state index contributed by atoms with van der Waals surface area (Å²) in [5, 5.41) is 0.827. The molecule has 0 atom stereocenters. The van der Waals surface area contributed by atoms with Gasteiger partial charge in [-0.2, -0.15) is 0 Å². The van der Waals surface area contributed by atoms with Crippen LogP contribution in [0.5, 0.6) is 0 Å². The first-order valence-corrected chi connectivity index (χ1v) is 5.09. The molecule has 1 aromatic heterocycles. The van der Waals surface area contributed by atoms with Crippen LogP contribution in [0.4, 0.5) is 0 Å². The summed E-state index contributed by atoms with van der Waals surface area (Å²) >= 11 is 1.61. The first kappa shape index (κ1) is 10.1. The molecule has 0 saturated carbocycles. The molecule has 0 radical (unpaired) electrons. The number of hydrogen-bond donors (Lipinski definition) is 0. The molecular formula is C10H12N2S. The van der Waals surface area contributed by atoms with E-state index in [2.05, 4.69) is 15.9 Å². The molecule has 0 bridgehead atoms. The Balaban J connectivity index is 2.62. The standard InChI is InChI=1S/C10H12N2S/c1-4-5-6-13-10-11-8(2)7-9(3)12-10/h1,7H,5-6H2,2-3H3. The van der Waals surface area contributed by atoms with Crippen molar-refractivity contribution in [3.05, 3.63) is 17.5 Å². The van der Waals surface area contributed by atoms with Crippen molar-refractivity contribution >= 4 is 11.8 Å². The van der Waals surface area contributed by atoms with Crippen molar-refractivity contribution in [3.8, 4) is 12.3 Å². The van der Waals surface area contributed by atoms with Gasteiger partial charge in [-0.3, -0.25) is 0 Å². The monoisotopic (exact) mass is 192 g/mol. The predicted molar refractivity (Wildman–Crippen MR) is 55.7 cm³/mol. The quantitative estimate of drug-likeness (QED) is 0.318. The summed E-state index contributed by atoms with van der Waals surface area (Å²) in [5.41, 5.74) is 2.02. The molecule has 1 rings (SSSR count). The molecule has 0 aliphatic heterocycles. The van der Waals surface area contributed by atoms with Crippen LogP contribution in [-0.2, 0) is 0 Å². The molecule has 0 saturated heterocycles. The van der Waals surface area contributed by atoms with E-state index in [0.717, 1.165) is 28.7 Å². The van der Waals surface area contributed by atoms with Crippen LogP contribution in [0.3, 0.4) is 0 Å². The number of aromatic nitrogens is 2. The second-order valence-corrected chi connectivity index (χ2v) is 3.80. The Kier molecular flexibility index (Phi) is 3.78. The Labute approximate surface area is 83.2 Å². The van der Waals surface area contributed by atoms with Crippen LogP contribution < -0.4 is 0 Å². The van der Waals surface area contributed by atoms with Gasteiger partial charge in [0.1, 0.15) is 0 Å². The number of rotatable bonds is 3. The third-order valence-corrected chi connectivity index (χ3v) is 2.29. The molecule has 0 unspecified atom stereocenters. The highest BCUT2D eigenvalue weighted by atomic mass is 32.2. The van der Waals surface area contributed by atoms with E-state index in [1.54, 1.807) is 11.8 Å². The van der Waals surface area contributed by atoms with E-state index in [0.29, 0.717) is 0 Å². The topological polar surface area (TPSA) is 25.8 Å². The summed E-state index contributed by atoms with van der Waals surface area (Å²) in [4.78, 5) is 8.58. The summed E-state index contributed by atoms with van der Waals surface area (Å²) in [6.45, 7) is 3.94. The molecule has 3 heteroatoms. The number of nitrogens with zero attached hydrogens (tertiary/aromatic N) is 2. The number of hydrogen-bond acceptors (Lipinski definition) is 3. The maximum atomic E-state index is 5.15. The van der Waals surface area contributed by atoms with Crippen LogP contribution in [0.2, 0.25) is 0 Å². The predicted octanol–water partition coefficient (Wildman–Crippen LogP) is 2.21. The van der Waals surface area contributed by atoms with Gasteiger partial charge in [0, 0.05) is 23.6 Å². The van der Waals surface area contributed by atoms with Gasteiger partial charge in [0.2, 0.25) is 0 Å². The molecule has 68 valence electrons. The molecule has 2 nitrogen and oxygen atoms in total. The Morgan fingerprint density at radius 1 is 1.38 bits per heavy atom. The lowest BCUT2D eigenvalue weighted by molar-refractivity contribution is 0.901. The van der Waals surface area contributed by atoms with Gasteiger partial charge in [0.25, 0.3) is 0 Å². The Morgan fingerprint density at radius 2 is 2.00 bits per heavy atom. The number of thioether (sulfide) groups is 1. The molecule has 0 fully saturated rings. The fraction of sp³-hybridized carbons (Fsp3) is 0.400. The van der Waals surface area contributed by atoms with Crippen molar-refractivity contribution in [2.75, 3.05) is 5.75 Å². The molecule has 1 heterocycles. The molecule has 0 amide bonds. The van der Waals surface area contributed by atoms with Crippen molar-refractivity contribution in [1.82, 2.24) is 9.97 Å². The van der Waals surface area contributed by atoms with Crippen molar-refractivity contribution in [1.29, 1.82) is 0 Å². The van der Waals surface area contributed by atoms with E-state index in [1.807, 2.05) is 19.9 Å². The van der Waals surface area contributed by atoms with E-state index in [4.69, 9.17) is 6.42 Å². The lowest BCUT2D eigenvalue weighted by atomic mass is 10.4. The number of aryl methyl sites for hydroxylation is 2. The van der Waals surface area contributed by atoms with E-state index < -0.39 is 0 Å². The average molecular weight is 192 g/mol. The minimum absolute atomic E-state index is 0.765. The van der Waals surface area contributed by atoms with E-state index in [-0.39, 0.29) is 0 Å². The molecule has 1 aromatic rings. The maximum Gasteiger partial charge on any atom is 0.188 e. The van der Waals surface area contributed by atoms with Gasteiger partial charge >= 0.3 is 0 Å². The Hall–Kier alpha value is -1.01. The highest BCUT2D eigenvalue weighted by Crippen LogP contribution is 2.14. The Morgan fingerprint density at radius 3 is 2.54 bits per heavy atom. The summed E-state index contributed by atoms with van der Waals surface area (Å²) < 4.78 is 0. The van der Waals surface area contributed by atoms with Crippen molar-refractivity contribution in [2.24, 2.45) is 0 Å². The fourth-order valence-corrected chi connectivity index (χ4v) is 1.78.